The number of anilines is 1. The largest absolute Gasteiger partial charge is 0.269 e. The van der Waals surface area contributed by atoms with E-state index in [0.29, 0.717) is 11.1 Å². The summed E-state index contributed by atoms with van der Waals surface area (Å²) < 4.78 is 0. The van der Waals surface area contributed by atoms with Crippen LogP contribution in [-0.2, 0) is 9.59 Å². The molecule has 0 spiro atoms. The van der Waals surface area contributed by atoms with Crippen LogP contribution < -0.4 is 4.90 Å². The Balaban J connectivity index is 2.53. The average molecular weight is 247 g/mol. The van der Waals surface area contributed by atoms with Crippen molar-refractivity contribution in [1.29, 1.82) is 5.26 Å². The summed E-state index contributed by atoms with van der Waals surface area (Å²) in [6.45, 7) is 1.56. The molecule has 0 saturated carbocycles. The Morgan fingerprint density at radius 1 is 1.35 bits per heavy atom. The third-order valence-corrected chi connectivity index (χ3v) is 2.74. The number of benzene rings is 1. The summed E-state index contributed by atoms with van der Waals surface area (Å²) in [6.07, 6.45) is 1.25. The van der Waals surface area contributed by atoms with Gasteiger partial charge in [-0.1, -0.05) is 11.6 Å². The first-order valence-corrected chi connectivity index (χ1v) is 5.19. The number of hydrogen-bond donors (Lipinski definition) is 0. The fourth-order valence-electron chi connectivity index (χ4n) is 1.57. The second-order valence-electron chi connectivity index (χ2n) is 3.58. The predicted octanol–water partition coefficient (Wildman–Crippen LogP) is 2.03. The molecule has 0 aromatic heterocycles. The summed E-state index contributed by atoms with van der Waals surface area (Å²) in [5.74, 6) is -0.850. The highest BCUT2D eigenvalue weighted by molar-refractivity contribution is 6.38. The molecule has 0 bridgehead atoms. The van der Waals surface area contributed by atoms with Gasteiger partial charge < -0.3 is 0 Å². The number of hydrogen-bond acceptors (Lipinski definition) is 3. The Kier molecular flexibility index (Phi) is 2.70. The molecule has 1 aliphatic rings. The Morgan fingerprint density at radius 2 is 2.06 bits per heavy atom. The number of amides is 2. The molecule has 2 amide bonds. The van der Waals surface area contributed by atoms with Gasteiger partial charge in [0.1, 0.15) is 0 Å². The smallest absolute Gasteiger partial charge is 0.261 e. The molecule has 0 fully saturated rings. The van der Waals surface area contributed by atoms with Crippen LogP contribution in [0.1, 0.15) is 12.5 Å². The maximum absolute atomic E-state index is 11.8. The minimum absolute atomic E-state index is 0.244. The second-order valence-corrected chi connectivity index (χ2v) is 3.99. The van der Waals surface area contributed by atoms with Gasteiger partial charge in [-0.2, -0.15) is 5.26 Å². The van der Waals surface area contributed by atoms with Gasteiger partial charge in [0.2, 0.25) is 0 Å². The van der Waals surface area contributed by atoms with E-state index < -0.39 is 11.8 Å². The third kappa shape index (κ3) is 1.81. The number of carbonyl (C=O) groups is 2. The van der Waals surface area contributed by atoms with Gasteiger partial charge in [-0.05, 0) is 25.1 Å². The molecule has 1 heterocycles. The summed E-state index contributed by atoms with van der Waals surface area (Å²) >= 11 is 5.93. The zero-order valence-corrected chi connectivity index (χ0v) is 9.65. The summed E-state index contributed by atoms with van der Waals surface area (Å²) in [5.41, 5.74) is 0.941. The van der Waals surface area contributed by atoms with Crippen molar-refractivity contribution in [1.82, 2.24) is 0 Å². The molecule has 0 atom stereocenters. The van der Waals surface area contributed by atoms with Crippen LogP contribution in [-0.4, -0.2) is 11.8 Å². The zero-order valence-electron chi connectivity index (χ0n) is 8.90. The molecule has 17 heavy (non-hydrogen) atoms. The standard InChI is InChI=1S/C12H7ClN2O2/c1-7-4-11(16)15(12(7)17)10-5-8(6-14)2-3-9(10)13/h2-5H,1H3. The first kappa shape index (κ1) is 11.4. The minimum atomic E-state index is -0.440. The van der Waals surface area contributed by atoms with Crippen LogP contribution in [0.25, 0.3) is 0 Å². The van der Waals surface area contributed by atoms with E-state index in [1.54, 1.807) is 6.92 Å². The van der Waals surface area contributed by atoms with Gasteiger partial charge in [-0.3, -0.25) is 9.59 Å². The fourth-order valence-corrected chi connectivity index (χ4v) is 1.77. The molecule has 1 aliphatic heterocycles. The molecular weight excluding hydrogens is 240 g/mol. The van der Waals surface area contributed by atoms with Gasteiger partial charge >= 0.3 is 0 Å². The predicted molar refractivity (Wildman–Crippen MR) is 62.4 cm³/mol. The van der Waals surface area contributed by atoms with E-state index in [-0.39, 0.29) is 10.7 Å². The monoisotopic (exact) mass is 246 g/mol. The van der Waals surface area contributed by atoms with Gasteiger partial charge in [0.25, 0.3) is 11.8 Å². The topological polar surface area (TPSA) is 61.2 Å². The van der Waals surface area contributed by atoms with Crippen LogP contribution in [0, 0.1) is 11.3 Å². The molecule has 0 radical (unpaired) electrons. The van der Waals surface area contributed by atoms with Crippen molar-refractivity contribution in [3.8, 4) is 6.07 Å². The average Bonchev–Trinajstić information content (AvgIpc) is 2.55. The number of rotatable bonds is 1. The van der Waals surface area contributed by atoms with Crippen molar-refractivity contribution in [3.63, 3.8) is 0 Å². The summed E-state index contributed by atoms with van der Waals surface area (Å²) in [5, 5.41) is 9.04. The zero-order chi connectivity index (χ0) is 12.6. The van der Waals surface area contributed by atoms with Crippen LogP contribution in [0.4, 0.5) is 5.69 Å². The summed E-state index contributed by atoms with van der Waals surface area (Å²) in [6, 6.07) is 6.37. The Bertz CT molecular complexity index is 599. The van der Waals surface area contributed by atoms with Crippen LogP contribution in [0.2, 0.25) is 5.02 Å². The SMILES string of the molecule is CC1=CC(=O)N(c2cc(C#N)ccc2Cl)C1=O. The number of halogens is 1. The lowest BCUT2D eigenvalue weighted by Gasteiger charge is -2.16. The molecule has 0 aliphatic carbocycles. The Morgan fingerprint density at radius 3 is 2.59 bits per heavy atom. The molecule has 84 valence electrons. The van der Waals surface area contributed by atoms with Crippen molar-refractivity contribution in [2.24, 2.45) is 0 Å². The van der Waals surface area contributed by atoms with Gasteiger partial charge in [0, 0.05) is 11.6 Å². The molecule has 1 aromatic carbocycles. The maximum Gasteiger partial charge on any atom is 0.261 e. The number of nitrogens with zero attached hydrogens (tertiary/aromatic N) is 2. The maximum atomic E-state index is 11.8. The van der Waals surface area contributed by atoms with Crippen molar-refractivity contribution < 1.29 is 9.59 Å². The van der Waals surface area contributed by atoms with Crippen LogP contribution in [0.5, 0.6) is 0 Å². The second kappa shape index (κ2) is 4.04. The molecule has 0 N–H and O–H groups in total. The van der Waals surface area contributed by atoms with E-state index in [1.807, 2.05) is 6.07 Å². The Labute approximate surface area is 103 Å². The highest BCUT2D eigenvalue weighted by Crippen LogP contribution is 2.30. The van der Waals surface area contributed by atoms with Crippen molar-refractivity contribution >= 4 is 29.1 Å². The number of nitriles is 1. The van der Waals surface area contributed by atoms with Crippen LogP contribution in [0.15, 0.2) is 29.8 Å². The molecular formula is C12H7ClN2O2. The van der Waals surface area contributed by atoms with Gasteiger partial charge in [-0.25, -0.2) is 4.90 Å². The van der Waals surface area contributed by atoms with Crippen LogP contribution >= 0.6 is 11.6 Å². The number of imide groups is 1. The van der Waals surface area contributed by atoms with E-state index in [9.17, 15) is 9.59 Å². The highest BCUT2D eigenvalue weighted by atomic mass is 35.5. The van der Waals surface area contributed by atoms with E-state index >= 15 is 0 Å². The van der Waals surface area contributed by atoms with E-state index in [4.69, 9.17) is 16.9 Å². The van der Waals surface area contributed by atoms with Gasteiger partial charge in [0.05, 0.1) is 22.3 Å². The molecule has 0 saturated heterocycles. The first-order chi connectivity index (χ1) is 8.04. The lowest BCUT2D eigenvalue weighted by Crippen LogP contribution is -2.30. The third-order valence-electron chi connectivity index (χ3n) is 2.42. The van der Waals surface area contributed by atoms with Crippen molar-refractivity contribution in [3.05, 3.63) is 40.4 Å². The van der Waals surface area contributed by atoms with Crippen LogP contribution in [0.3, 0.4) is 0 Å². The molecule has 4 nitrogen and oxygen atoms in total. The molecule has 5 heteroatoms. The lowest BCUT2D eigenvalue weighted by molar-refractivity contribution is -0.120. The summed E-state index contributed by atoms with van der Waals surface area (Å²) in [7, 11) is 0. The minimum Gasteiger partial charge on any atom is -0.269 e. The van der Waals surface area contributed by atoms with Gasteiger partial charge in [0.15, 0.2) is 0 Å². The summed E-state index contributed by atoms with van der Waals surface area (Å²) in [4.78, 5) is 24.4. The van der Waals surface area contributed by atoms with E-state index in [0.717, 1.165) is 4.90 Å². The number of carbonyl (C=O) groups excluding carboxylic acids is 2. The molecule has 1 aromatic rings. The molecule has 2 rings (SSSR count). The highest BCUT2D eigenvalue weighted by Gasteiger charge is 2.31. The first-order valence-electron chi connectivity index (χ1n) is 4.81. The van der Waals surface area contributed by atoms with Crippen molar-refractivity contribution in [2.75, 3.05) is 4.90 Å². The Hall–Kier alpha value is -2.12. The van der Waals surface area contributed by atoms with Gasteiger partial charge in [-0.15, -0.1) is 0 Å². The normalized spacial score (nSPS) is 14.9. The van der Waals surface area contributed by atoms with E-state index in [2.05, 4.69) is 0 Å². The quantitative estimate of drug-likeness (QED) is 0.713. The molecule has 0 unspecified atom stereocenters. The fraction of sp³-hybridized carbons (Fsp3) is 0.0833. The lowest BCUT2D eigenvalue weighted by atomic mass is 10.2. The van der Waals surface area contributed by atoms with Crippen molar-refractivity contribution in [2.45, 2.75) is 6.92 Å². The van der Waals surface area contributed by atoms with E-state index in [1.165, 1.54) is 24.3 Å².